The number of alkyl carbamates (subject to hydrolysis) is 1. The van der Waals surface area contributed by atoms with Crippen molar-refractivity contribution in [3.05, 3.63) is 48.0 Å². The predicted molar refractivity (Wildman–Crippen MR) is 118 cm³/mol. The minimum absolute atomic E-state index is 0.113. The lowest BCUT2D eigenvalue weighted by molar-refractivity contribution is -0.167. The van der Waals surface area contributed by atoms with Gasteiger partial charge in [0.15, 0.2) is 12.1 Å². The van der Waals surface area contributed by atoms with Gasteiger partial charge >= 0.3 is 6.09 Å². The highest BCUT2D eigenvalue weighted by Gasteiger charge is 2.31. The monoisotopic (exact) mass is 447 g/mol. The third-order valence-electron chi connectivity index (χ3n) is 4.54. The van der Waals surface area contributed by atoms with Crippen molar-refractivity contribution < 1.29 is 24.0 Å². The molecule has 1 aliphatic rings. The summed E-state index contributed by atoms with van der Waals surface area (Å²) in [5.74, 6) is 0.392. The maximum Gasteiger partial charge on any atom is 0.408 e. The van der Waals surface area contributed by atoms with Crippen molar-refractivity contribution in [2.45, 2.75) is 59.4 Å². The molecule has 2 rings (SSSR count). The molecule has 1 aliphatic heterocycles. The predicted octanol–water partition coefficient (Wildman–Crippen LogP) is 2.11. The average Bonchev–Trinajstić information content (AvgIpc) is 3.20. The van der Waals surface area contributed by atoms with Crippen molar-refractivity contribution in [2.24, 2.45) is 11.8 Å². The van der Waals surface area contributed by atoms with Gasteiger partial charge in [-0.2, -0.15) is 0 Å². The molecule has 2 atom stereocenters. The van der Waals surface area contributed by atoms with Crippen LogP contribution in [0.15, 0.2) is 42.4 Å². The Balaban J connectivity index is 1.98. The summed E-state index contributed by atoms with van der Waals surface area (Å²) in [4.78, 5) is 41.5. The fourth-order valence-corrected chi connectivity index (χ4v) is 3.10. The lowest BCUT2D eigenvalue weighted by Crippen LogP contribution is -2.57. The number of carbonyl (C=O) groups excluding carboxylic acids is 3. The molecular weight excluding hydrogens is 414 g/mol. The minimum atomic E-state index is -0.781. The Kier molecular flexibility index (Phi) is 9.80. The molecule has 4 N–H and O–H groups in total. The Hall–Kier alpha value is -3.27. The van der Waals surface area contributed by atoms with Crippen LogP contribution in [0.5, 0.6) is 0 Å². The van der Waals surface area contributed by atoms with Gasteiger partial charge in [0.2, 0.25) is 12.3 Å². The second kappa shape index (κ2) is 12.6. The number of hydrogen-bond acceptors (Lipinski definition) is 7. The highest BCUT2D eigenvalue weighted by Crippen LogP contribution is 2.14. The molecule has 0 aromatic heterocycles. The van der Waals surface area contributed by atoms with E-state index in [1.54, 1.807) is 0 Å². The maximum atomic E-state index is 13.1. The van der Waals surface area contributed by atoms with Crippen molar-refractivity contribution in [3.63, 3.8) is 0 Å². The highest BCUT2D eigenvalue weighted by atomic mass is 16.7. The van der Waals surface area contributed by atoms with Gasteiger partial charge in [0.25, 0.3) is 0 Å². The van der Waals surface area contributed by atoms with E-state index in [1.165, 1.54) is 11.4 Å². The Labute approximate surface area is 188 Å². The van der Waals surface area contributed by atoms with Gasteiger partial charge in [0.1, 0.15) is 18.8 Å². The summed E-state index contributed by atoms with van der Waals surface area (Å²) < 4.78 is 5.27. The smallest absolute Gasteiger partial charge is 0.408 e. The van der Waals surface area contributed by atoms with E-state index < -0.39 is 18.3 Å². The summed E-state index contributed by atoms with van der Waals surface area (Å²) in [6, 6.07) is 8.53. The summed E-state index contributed by atoms with van der Waals surface area (Å²) >= 11 is 0. The number of hydroxylamine groups is 1. The van der Waals surface area contributed by atoms with Crippen LogP contribution in [0.2, 0.25) is 0 Å². The number of amides is 3. The number of nitrogens with zero attached hydrogens (tertiary/aromatic N) is 1. The van der Waals surface area contributed by atoms with Gasteiger partial charge in [-0.1, -0.05) is 58.0 Å². The van der Waals surface area contributed by atoms with Crippen LogP contribution in [0, 0.1) is 11.8 Å². The third-order valence-corrected chi connectivity index (χ3v) is 4.54. The normalized spacial score (nSPS) is 15.2. The second-order valence-corrected chi connectivity index (χ2v) is 8.38. The third kappa shape index (κ3) is 8.46. The lowest BCUT2D eigenvalue weighted by Gasteiger charge is -2.30. The average molecular weight is 448 g/mol. The molecule has 32 heavy (non-hydrogen) atoms. The van der Waals surface area contributed by atoms with E-state index >= 15 is 0 Å². The molecule has 0 saturated heterocycles. The van der Waals surface area contributed by atoms with Crippen molar-refractivity contribution >= 4 is 18.4 Å². The molecule has 1 heterocycles. The van der Waals surface area contributed by atoms with Crippen LogP contribution in [-0.4, -0.2) is 35.8 Å². The molecule has 0 fully saturated rings. The minimum Gasteiger partial charge on any atom is -0.445 e. The first-order valence-corrected chi connectivity index (χ1v) is 10.7. The number of nitrogens with one attached hydrogen (secondary N) is 4. The van der Waals surface area contributed by atoms with E-state index in [2.05, 4.69) is 21.4 Å². The molecule has 10 heteroatoms. The molecule has 0 spiro atoms. The molecule has 1 aromatic carbocycles. The molecular formula is C22H33N5O5. The molecule has 0 bridgehead atoms. The van der Waals surface area contributed by atoms with Crippen molar-refractivity contribution in [3.8, 4) is 0 Å². The van der Waals surface area contributed by atoms with Crippen molar-refractivity contribution in [1.29, 1.82) is 0 Å². The largest absolute Gasteiger partial charge is 0.445 e. The van der Waals surface area contributed by atoms with Gasteiger partial charge in [0.05, 0.1) is 0 Å². The van der Waals surface area contributed by atoms with Crippen LogP contribution in [-0.2, 0) is 25.8 Å². The fraction of sp³-hybridized carbons (Fsp3) is 0.500. The highest BCUT2D eigenvalue weighted by molar-refractivity contribution is 5.85. The van der Waals surface area contributed by atoms with Crippen molar-refractivity contribution in [2.75, 3.05) is 0 Å². The van der Waals surface area contributed by atoms with Gasteiger partial charge < -0.3 is 25.5 Å². The number of benzene rings is 1. The quantitative estimate of drug-likeness (QED) is 0.362. The number of hydrogen-bond donors (Lipinski definition) is 4. The van der Waals surface area contributed by atoms with E-state index in [4.69, 9.17) is 9.57 Å². The van der Waals surface area contributed by atoms with E-state index in [1.807, 2.05) is 58.0 Å². The first-order chi connectivity index (χ1) is 15.3. The zero-order valence-corrected chi connectivity index (χ0v) is 19.0. The Bertz CT molecular complexity index is 784. The first kappa shape index (κ1) is 25.0. The molecule has 1 aromatic rings. The van der Waals surface area contributed by atoms with Gasteiger partial charge in [-0.15, -0.1) is 0 Å². The molecule has 10 nitrogen and oxygen atoms in total. The molecule has 0 aliphatic carbocycles. The van der Waals surface area contributed by atoms with Crippen molar-refractivity contribution in [1.82, 2.24) is 26.5 Å². The lowest BCUT2D eigenvalue weighted by atomic mass is 10.0. The fourth-order valence-electron chi connectivity index (χ4n) is 3.10. The zero-order chi connectivity index (χ0) is 23.5. The molecule has 0 unspecified atom stereocenters. The maximum absolute atomic E-state index is 13.1. The zero-order valence-electron chi connectivity index (χ0n) is 19.0. The Morgan fingerprint density at radius 3 is 2.41 bits per heavy atom. The standard InChI is InChI=1S/C22H33N5O5/c1-15(2)10-18(24-22(30)31-12-17-8-6-5-7-9-17)21(29)25-20(11-16(3)4)27-26-19(13-32-27)23-14-28/h5-9,13-16,18,20,26H,10-12H2,1-4H3,(H,23,28)(H,24,30)(H,25,29)/t18-,20-/m0/s1. The Morgan fingerprint density at radius 1 is 1.09 bits per heavy atom. The first-order valence-electron chi connectivity index (χ1n) is 10.7. The number of ether oxygens (including phenoxy) is 1. The Morgan fingerprint density at radius 2 is 1.78 bits per heavy atom. The summed E-state index contributed by atoms with van der Waals surface area (Å²) in [6.07, 6.45) is 1.65. The van der Waals surface area contributed by atoms with Crippen LogP contribution in [0.3, 0.4) is 0 Å². The van der Waals surface area contributed by atoms with E-state index in [9.17, 15) is 14.4 Å². The second-order valence-electron chi connectivity index (χ2n) is 8.38. The number of rotatable bonds is 12. The van der Waals surface area contributed by atoms with E-state index in [0.717, 1.165) is 5.56 Å². The molecule has 0 saturated carbocycles. The number of carbonyl (C=O) groups is 3. The van der Waals surface area contributed by atoms with Crippen LogP contribution >= 0.6 is 0 Å². The number of hydrazine groups is 1. The molecule has 176 valence electrons. The molecule has 0 radical (unpaired) electrons. The van der Waals surface area contributed by atoms with Crippen LogP contribution < -0.4 is 21.4 Å². The summed E-state index contributed by atoms with van der Waals surface area (Å²) in [5.41, 5.74) is 3.72. The molecule has 3 amide bonds. The summed E-state index contributed by atoms with van der Waals surface area (Å²) in [7, 11) is 0. The van der Waals surface area contributed by atoms with E-state index in [-0.39, 0.29) is 24.3 Å². The van der Waals surface area contributed by atoms with Crippen LogP contribution in [0.4, 0.5) is 4.79 Å². The summed E-state index contributed by atoms with van der Waals surface area (Å²) in [5, 5.41) is 9.40. The van der Waals surface area contributed by atoms with Crippen LogP contribution in [0.1, 0.15) is 46.1 Å². The van der Waals surface area contributed by atoms with Gasteiger partial charge in [0, 0.05) is 0 Å². The van der Waals surface area contributed by atoms with Gasteiger partial charge in [-0.25, -0.2) is 4.79 Å². The van der Waals surface area contributed by atoms with Gasteiger partial charge in [-0.3, -0.25) is 15.0 Å². The van der Waals surface area contributed by atoms with Crippen LogP contribution in [0.25, 0.3) is 0 Å². The van der Waals surface area contributed by atoms with E-state index in [0.29, 0.717) is 25.1 Å². The summed E-state index contributed by atoms with van der Waals surface area (Å²) in [6.45, 7) is 8.07. The SMILES string of the molecule is CC(C)C[C@H](NC(=O)OCc1ccccc1)C(=O)N[C@H](CC(C)C)N1NC(NC=O)=CO1. The topological polar surface area (TPSA) is 121 Å². The van der Waals surface area contributed by atoms with Gasteiger partial charge in [-0.05, 0) is 35.4 Å².